The highest BCUT2D eigenvalue weighted by atomic mass is 32.1. The van der Waals surface area contributed by atoms with Gasteiger partial charge in [0.1, 0.15) is 0 Å². The van der Waals surface area contributed by atoms with Crippen LogP contribution in [0.4, 0.5) is 0 Å². The third-order valence-electron chi connectivity index (χ3n) is 3.62. The van der Waals surface area contributed by atoms with E-state index >= 15 is 0 Å². The minimum Gasteiger partial charge on any atom is -0.385 e. The molecule has 0 saturated heterocycles. The van der Waals surface area contributed by atoms with Crippen LogP contribution in [0.15, 0.2) is 29.6 Å². The lowest BCUT2D eigenvalue weighted by atomic mass is 9.92. The van der Waals surface area contributed by atoms with Crippen LogP contribution in [0.2, 0.25) is 0 Å². The highest BCUT2D eigenvalue weighted by Crippen LogP contribution is 2.34. The predicted molar refractivity (Wildman–Crippen MR) is 83.9 cm³/mol. The molecule has 19 heavy (non-hydrogen) atoms. The molecule has 1 aromatic carbocycles. The first-order chi connectivity index (χ1) is 9.27. The van der Waals surface area contributed by atoms with Gasteiger partial charge in [-0.05, 0) is 41.3 Å². The number of hydrogen-bond donors (Lipinski definition) is 1. The van der Waals surface area contributed by atoms with Crippen LogP contribution in [-0.2, 0) is 4.74 Å². The standard InChI is InChI=1S/C16H23NOS/c1-4-17-16(12(2)9-10-18-3)14-11-19-15-8-6-5-7-13(14)15/h5-8,11-12,16-17H,4,9-10H2,1-3H3. The SMILES string of the molecule is CCNC(c1csc2ccccc12)C(C)CCOC. The minimum atomic E-state index is 0.413. The summed E-state index contributed by atoms with van der Waals surface area (Å²) < 4.78 is 6.59. The Bertz CT molecular complexity index is 508. The van der Waals surface area contributed by atoms with Crippen LogP contribution in [0.25, 0.3) is 10.1 Å². The van der Waals surface area contributed by atoms with Gasteiger partial charge in [-0.3, -0.25) is 0 Å². The molecule has 0 spiro atoms. The minimum absolute atomic E-state index is 0.413. The van der Waals surface area contributed by atoms with Crippen LogP contribution in [0.3, 0.4) is 0 Å². The van der Waals surface area contributed by atoms with Gasteiger partial charge in [-0.1, -0.05) is 32.0 Å². The molecule has 0 amide bonds. The Hall–Kier alpha value is -0.900. The molecule has 0 bridgehead atoms. The molecular weight excluding hydrogens is 254 g/mol. The third-order valence-corrected chi connectivity index (χ3v) is 4.60. The van der Waals surface area contributed by atoms with Crippen molar-refractivity contribution in [2.75, 3.05) is 20.3 Å². The van der Waals surface area contributed by atoms with Crippen molar-refractivity contribution >= 4 is 21.4 Å². The summed E-state index contributed by atoms with van der Waals surface area (Å²) in [4.78, 5) is 0. The molecule has 104 valence electrons. The number of fused-ring (bicyclic) bond motifs is 1. The van der Waals surface area contributed by atoms with Gasteiger partial charge in [-0.2, -0.15) is 0 Å². The highest BCUT2D eigenvalue weighted by molar-refractivity contribution is 7.17. The van der Waals surface area contributed by atoms with Gasteiger partial charge in [0, 0.05) is 24.5 Å². The molecule has 0 saturated carbocycles. The normalized spacial score (nSPS) is 14.7. The van der Waals surface area contributed by atoms with E-state index in [9.17, 15) is 0 Å². The van der Waals surface area contributed by atoms with Crippen LogP contribution in [0, 0.1) is 5.92 Å². The van der Waals surface area contributed by atoms with Gasteiger partial charge in [-0.15, -0.1) is 11.3 Å². The predicted octanol–water partition coefficient (Wildman–Crippen LogP) is 4.22. The number of nitrogens with one attached hydrogen (secondary N) is 1. The summed E-state index contributed by atoms with van der Waals surface area (Å²) in [6.45, 7) is 6.29. The van der Waals surface area contributed by atoms with E-state index in [1.807, 2.05) is 11.3 Å². The summed E-state index contributed by atoms with van der Waals surface area (Å²) in [6.07, 6.45) is 1.08. The fourth-order valence-electron chi connectivity index (χ4n) is 2.55. The van der Waals surface area contributed by atoms with Crippen LogP contribution in [0.1, 0.15) is 31.9 Å². The molecule has 0 radical (unpaired) electrons. The van der Waals surface area contributed by atoms with E-state index in [0.29, 0.717) is 12.0 Å². The van der Waals surface area contributed by atoms with Gasteiger partial charge in [0.05, 0.1) is 0 Å². The third kappa shape index (κ3) is 3.35. The number of methoxy groups -OCH3 is 1. The van der Waals surface area contributed by atoms with Crippen LogP contribution < -0.4 is 5.32 Å². The first-order valence-electron chi connectivity index (χ1n) is 6.96. The lowest BCUT2D eigenvalue weighted by molar-refractivity contribution is 0.170. The van der Waals surface area contributed by atoms with Crippen LogP contribution in [0.5, 0.6) is 0 Å². The molecule has 1 N–H and O–H groups in total. The lowest BCUT2D eigenvalue weighted by Gasteiger charge is -2.24. The van der Waals surface area contributed by atoms with Gasteiger partial charge < -0.3 is 10.1 Å². The Labute approximate surface area is 119 Å². The molecule has 0 aliphatic heterocycles. The quantitative estimate of drug-likeness (QED) is 0.818. The summed E-state index contributed by atoms with van der Waals surface area (Å²) in [6, 6.07) is 9.08. The Morgan fingerprint density at radius 3 is 2.84 bits per heavy atom. The lowest BCUT2D eigenvalue weighted by Crippen LogP contribution is -2.27. The molecule has 0 aliphatic carbocycles. The summed E-state index contributed by atoms with van der Waals surface area (Å²) in [5.41, 5.74) is 1.44. The van der Waals surface area contributed by atoms with E-state index in [0.717, 1.165) is 19.6 Å². The van der Waals surface area contributed by atoms with Gasteiger partial charge in [0.15, 0.2) is 0 Å². The monoisotopic (exact) mass is 277 g/mol. The number of thiophene rings is 1. The maximum Gasteiger partial charge on any atom is 0.0465 e. The van der Waals surface area contributed by atoms with Crippen molar-refractivity contribution in [2.45, 2.75) is 26.3 Å². The van der Waals surface area contributed by atoms with Crippen LogP contribution >= 0.6 is 11.3 Å². The second-order valence-electron chi connectivity index (χ2n) is 4.98. The maximum atomic E-state index is 5.22. The van der Waals surface area contributed by atoms with E-state index in [4.69, 9.17) is 4.74 Å². The van der Waals surface area contributed by atoms with Crippen molar-refractivity contribution in [1.82, 2.24) is 5.32 Å². The summed E-state index contributed by atoms with van der Waals surface area (Å²) in [7, 11) is 1.77. The number of hydrogen-bond acceptors (Lipinski definition) is 3. The van der Waals surface area contributed by atoms with E-state index in [1.165, 1.54) is 15.6 Å². The Balaban J connectivity index is 2.27. The van der Waals surface area contributed by atoms with Gasteiger partial charge in [0.2, 0.25) is 0 Å². The Morgan fingerprint density at radius 2 is 2.11 bits per heavy atom. The average molecular weight is 277 g/mol. The van der Waals surface area contributed by atoms with Gasteiger partial charge in [0.25, 0.3) is 0 Å². The Morgan fingerprint density at radius 1 is 1.32 bits per heavy atom. The molecule has 2 nitrogen and oxygen atoms in total. The summed E-state index contributed by atoms with van der Waals surface area (Å²) in [5.74, 6) is 0.568. The number of rotatable bonds is 7. The van der Waals surface area contributed by atoms with Gasteiger partial charge in [-0.25, -0.2) is 0 Å². The topological polar surface area (TPSA) is 21.3 Å². The number of ether oxygens (including phenoxy) is 1. The zero-order valence-electron chi connectivity index (χ0n) is 12.0. The van der Waals surface area contributed by atoms with E-state index in [-0.39, 0.29) is 0 Å². The molecular formula is C16H23NOS. The molecule has 2 atom stereocenters. The summed E-state index contributed by atoms with van der Waals surface area (Å²) >= 11 is 1.84. The van der Waals surface area contributed by atoms with Gasteiger partial charge >= 0.3 is 0 Å². The smallest absolute Gasteiger partial charge is 0.0465 e. The molecule has 2 unspecified atom stereocenters. The van der Waals surface area contributed by atoms with Crippen LogP contribution in [-0.4, -0.2) is 20.3 Å². The summed E-state index contributed by atoms with van der Waals surface area (Å²) in [5, 5.41) is 7.34. The molecule has 1 heterocycles. The van der Waals surface area contributed by atoms with Crippen molar-refractivity contribution in [3.63, 3.8) is 0 Å². The Kier molecular flexibility index (Phi) is 5.37. The molecule has 1 aromatic heterocycles. The largest absolute Gasteiger partial charge is 0.385 e. The zero-order valence-corrected chi connectivity index (χ0v) is 12.8. The molecule has 0 aliphatic rings. The fraction of sp³-hybridized carbons (Fsp3) is 0.500. The second kappa shape index (κ2) is 7.04. The fourth-order valence-corrected chi connectivity index (χ4v) is 3.54. The van der Waals surface area contributed by atoms with E-state index < -0.39 is 0 Å². The molecule has 2 rings (SSSR count). The van der Waals surface area contributed by atoms with E-state index in [1.54, 1.807) is 7.11 Å². The number of benzene rings is 1. The first-order valence-corrected chi connectivity index (χ1v) is 7.84. The second-order valence-corrected chi connectivity index (χ2v) is 5.89. The maximum absolute atomic E-state index is 5.22. The molecule has 2 aromatic rings. The van der Waals surface area contributed by atoms with Crippen molar-refractivity contribution in [1.29, 1.82) is 0 Å². The highest BCUT2D eigenvalue weighted by Gasteiger charge is 2.21. The molecule has 3 heteroatoms. The van der Waals surface area contributed by atoms with Crippen molar-refractivity contribution in [3.8, 4) is 0 Å². The average Bonchev–Trinajstić information content (AvgIpc) is 2.86. The van der Waals surface area contributed by atoms with Crippen molar-refractivity contribution in [3.05, 3.63) is 35.2 Å². The first kappa shape index (κ1) is 14.5. The molecule has 0 fully saturated rings. The van der Waals surface area contributed by atoms with Crippen molar-refractivity contribution in [2.24, 2.45) is 5.92 Å². The van der Waals surface area contributed by atoms with E-state index in [2.05, 4.69) is 48.8 Å². The zero-order chi connectivity index (χ0) is 13.7. The van der Waals surface area contributed by atoms with Crippen molar-refractivity contribution < 1.29 is 4.74 Å².